The van der Waals surface area contributed by atoms with Crippen molar-refractivity contribution in [3.8, 4) is 16.9 Å². The molecule has 0 bridgehead atoms. The van der Waals surface area contributed by atoms with Crippen LogP contribution in [0.25, 0.3) is 22.0 Å². The summed E-state index contributed by atoms with van der Waals surface area (Å²) in [5.41, 5.74) is 5.37. The molecule has 2 saturated heterocycles. The molecule has 0 amide bonds. The number of nitrogens with zero attached hydrogens (tertiary/aromatic N) is 8. The molecule has 0 unspecified atom stereocenters. The lowest BCUT2D eigenvalue weighted by atomic mass is 9.99. The largest absolute Gasteiger partial charge is 0.494 e. The Hall–Kier alpha value is -4.03. The van der Waals surface area contributed by atoms with Gasteiger partial charge in [0.2, 0.25) is 5.95 Å². The summed E-state index contributed by atoms with van der Waals surface area (Å²) in [5, 5.41) is 12.9. The van der Waals surface area contributed by atoms with E-state index in [1.165, 1.54) is 19.5 Å². The standard InChI is InChI=1S/C37H46BrN10O2P/c1-45-13-8-14-47(18-17-45)26-11-15-48(16-12-26)33-20-34(50-3)31(19-28(33)25-21-41-46(2)24-25)43-37-40-22-29(38)36(44-37)42-32-23-39-30-10-7-6-9-27(30)35(32)51(4,5)49/h6-7,9-10,19-24,26H,8,11-18H2,1-5H3,(H2,40,42,43,44). The Bertz CT molecular complexity index is 2080. The number of rotatable bonds is 9. The first-order chi connectivity index (χ1) is 24.6. The van der Waals surface area contributed by atoms with E-state index in [1.54, 1.807) is 32.8 Å². The number of piperidine rings is 1. The van der Waals surface area contributed by atoms with Crippen LogP contribution in [0.3, 0.4) is 0 Å². The second-order valence-corrected chi connectivity index (χ2v) is 17.9. The minimum Gasteiger partial charge on any atom is -0.494 e. The van der Waals surface area contributed by atoms with Crippen molar-refractivity contribution in [3.05, 3.63) is 65.7 Å². The van der Waals surface area contributed by atoms with Crippen molar-refractivity contribution < 1.29 is 9.30 Å². The molecule has 2 aliphatic heterocycles. The lowest BCUT2D eigenvalue weighted by Crippen LogP contribution is -2.46. The van der Waals surface area contributed by atoms with Crippen LogP contribution in [0.1, 0.15) is 19.3 Å². The van der Waals surface area contributed by atoms with Crippen LogP contribution in [0.2, 0.25) is 0 Å². The number of benzene rings is 2. The van der Waals surface area contributed by atoms with Crippen LogP contribution in [-0.4, -0.2) is 107 Å². The number of likely N-dealkylation sites (N-methyl/N-ethyl adjacent to an activating group) is 1. The predicted octanol–water partition coefficient (Wildman–Crippen LogP) is 6.54. The van der Waals surface area contributed by atoms with E-state index in [9.17, 15) is 4.57 Å². The number of para-hydroxylation sites is 1. The average molecular weight is 774 g/mol. The van der Waals surface area contributed by atoms with Gasteiger partial charge in [-0.2, -0.15) is 10.1 Å². The molecule has 0 spiro atoms. The van der Waals surface area contributed by atoms with Crippen molar-refractivity contribution >= 4 is 68.1 Å². The summed E-state index contributed by atoms with van der Waals surface area (Å²) in [6, 6.07) is 12.6. The number of fused-ring (bicyclic) bond motifs is 1. The fourth-order valence-corrected chi connectivity index (χ4v) is 9.11. The Kier molecular flexibility index (Phi) is 10.3. The maximum Gasteiger partial charge on any atom is 0.229 e. The number of nitrogens with one attached hydrogen (secondary N) is 2. The van der Waals surface area contributed by atoms with Gasteiger partial charge in [-0.1, -0.05) is 18.2 Å². The van der Waals surface area contributed by atoms with Gasteiger partial charge in [0.25, 0.3) is 0 Å². The first-order valence-electron chi connectivity index (χ1n) is 17.5. The molecule has 2 aromatic carbocycles. The van der Waals surface area contributed by atoms with Crippen LogP contribution in [-0.2, 0) is 11.6 Å². The fourth-order valence-electron chi connectivity index (χ4n) is 7.35. The van der Waals surface area contributed by atoms with E-state index in [1.807, 2.05) is 48.4 Å². The van der Waals surface area contributed by atoms with Crippen LogP contribution < -0.4 is 25.6 Å². The number of methoxy groups -OCH3 is 1. The molecule has 5 heterocycles. The van der Waals surface area contributed by atoms with Crippen LogP contribution >= 0.6 is 23.1 Å². The molecule has 0 atom stereocenters. The second-order valence-electron chi connectivity index (χ2n) is 13.9. The molecular weight excluding hydrogens is 727 g/mol. The molecule has 0 aliphatic carbocycles. The summed E-state index contributed by atoms with van der Waals surface area (Å²) in [7, 11) is 3.15. The van der Waals surface area contributed by atoms with E-state index >= 15 is 0 Å². The first-order valence-corrected chi connectivity index (χ1v) is 20.9. The third-order valence-corrected chi connectivity index (χ3v) is 12.1. The highest BCUT2D eigenvalue weighted by molar-refractivity contribution is 9.10. The average Bonchev–Trinajstić information content (AvgIpc) is 3.44. The summed E-state index contributed by atoms with van der Waals surface area (Å²) in [6.45, 7) is 10.1. The lowest BCUT2D eigenvalue weighted by Gasteiger charge is -2.40. The van der Waals surface area contributed by atoms with Crippen LogP contribution in [0, 0.1) is 0 Å². The number of anilines is 5. The van der Waals surface area contributed by atoms with Gasteiger partial charge in [-0.3, -0.25) is 14.6 Å². The maximum atomic E-state index is 13.6. The molecule has 0 radical (unpaired) electrons. The first kappa shape index (κ1) is 35.4. The number of aryl methyl sites for hydroxylation is 1. The van der Waals surface area contributed by atoms with Crippen molar-refractivity contribution in [1.29, 1.82) is 0 Å². The van der Waals surface area contributed by atoms with Crippen molar-refractivity contribution in [2.45, 2.75) is 25.3 Å². The van der Waals surface area contributed by atoms with E-state index in [-0.39, 0.29) is 0 Å². The van der Waals surface area contributed by atoms with E-state index in [2.05, 4.69) is 75.5 Å². The minimum atomic E-state index is -2.70. The van der Waals surface area contributed by atoms with Crippen molar-refractivity contribution in [2.75, 3.05) is 82.3 Å². The zero-order chi connectivity index (χ0) is 35.7. The molecule has 2 N–H and O–H groups in total. The van der Waals surface area contributed by atoms with Crippen LogP contribution in [0.5, 0.6) is 5.75 Å². The maximum absolute atomic E-state index is 13.6. The molecule has 3 aromatic heterocycles. The van der Waals surface area contributed by atoms with E-state index in [0.717, 1.165) is 77.7 Å². The molecule has 2 fully saturated rings. The fraction of sp³-hybridized carbons (Fsp3) is 0.405. The second kappa shape index (κ2) is 14.9. The summed E-state index contributed by atoms with van der Waals surface area (Å²) < 4.78 is 22.0. The van der Waals surface area contributed by atoms with Crippen molar-refractivity contribution in [3.63, 3.8) is 0 Å². The molecule has 14 heteroatoms. The lowest BCUT2D eigenvalue weighted by molar-refractivity contribution is 0.174. The number of hydrogen-bond donors (Lipinski definition) is 2. The van der Waals surface area contributed by atoms with Gasteiger partial charge in [-0.25, -0.2) is 4.98 Å². The molecule has 7 rings (SSSR count). The number of aromatic nitrogens is 5. The van der Waals surface area contributed by atoms with Gasteiger partial charge in [-0.15, -0.1) is 0 Å². The third kappa shape index (κ3) is 7.77. The summed E-state index contributed by atoms with van der Waals surface area (Å²) in [5.74, 6) is 1.58. The van der Waals surface area contributed by atoms with Crippen molar-refractivity contribution in [1.82, 2.24) is 34.5 Å². The third-order valence-electron chi connectivity index (χ3n) is 9.94. The zero-order valence-corrected chi connectivity index (χ0v) is 32.4. The smallest absolute Gasteiger partial charge is 0.229 e. The topological polar surface area (TPSA) is 117 Å². The summed E-state index contributed by atoms with van der Waals surface area (Å²) in [4.78, 5) is 21.7. The Morgan fingerprint density at radius 3 is 2.47 bits per heavy atom. The molecule has 268 valence electrons. The van der Waals surface area contributed by atoms with Crippen LogP contribution in [0.15, 0.2) is 65.7 Å². The van der Waals surface area contributed by atoms with Gasteiger partial charge in [0.05, 0.1) is 40.9 Å². The van der Waals surface area contributed by atoms with Gasteiger partial charge < -0.3 is 29.7 Å². The Morgan fingerprint density at radius 2 is 1.73 bits per heavy atom. The Balaban J connectivity index is 1.18. The van der Waals surface area contributed by atoms with Gasteiger partial charge in [0.15, 0.2) is 0 Å². The molecule has 0 saturated carbocycles. The number of pyridine rings is 1. The quantitative estimate of drug-likeness (QED) is 0.159. The molecular formula is C37H46BrN10O2P. The Morgan fingerprint density at radius 1 is 0.922 bits per heavy atom. The highest BCUT2D eigenvalue weighted by atomic mass is 79.9. The number of ether oxygens (including phenoxy) is 1. The van der Waals surface area contributed by atoms with E-state index in [4.69, 9.17) is 9.72 Å². The highest BCUT2D eigenvalue weighted by Gasteiger charge is 2.28. The predicted molar refractivity (Wildman–Crippen MR) is 211 cm³/mol. The minimum absolute atomic E-state index is 0.374. The SMILES string of the molecule is COc1cc(N2CCC(N3CCCN(C)CC3)CC2)c(-c2cnn(C)c2)cc1Nc1ncc(Br)c(Nc2cnc3ccccc3c2P(C)(C)=O)n1. The molecule has 5 aromatic rings. The van der Waals surface area contributed by atoms with Crippen molar-refractivity contribution in [2.24, 2.45) is 7.05 Å². The molecule has 2 aliphatic rings. The van der Waals surface area contributed by atoms with Gasteiger partial charge >= 0.3 is 0 Å². The molecule has 51 heavy (non-hydrogen) atoms. The van der Waals surface area contributed by atoms with Gasteiger partial charge in [-0.05, 0) is 80.8 Å². The summed E-state index contributed by atoms with van der Waals surface area (Å²) >= 11 is 3.61. The van der Waals surface area contributed by atoms with E-state index < -0.39 is 7.14 Å². The van der Waals surface area contributed by atoms with Gasteiger partial charge in [0, 0.05) is 85.2 Å². The number of halogens is 1. The normalized spacial score (nSPS) is 16.7. The highest BCUT2D eigenvalue weighted by Crippen LogP contribution is 2.43. The number of hydrogen-bond acceptors (Lipinski definition) is 11. The summed E-state index contributed by atoms with van der Waals surface area (Å²) in [6.07, 6.45) is 10.8. The Labute approximate surface area is 308 Å². The monoisotopic (exact) mass is 772 g/mol. The zero-order valence-electron chi connectivity index (χ0n) is 29.9. The van der Waals surface area contributed by atoms with Gasteiger partial charge in [0.1, 0.15) is 18.7 Å². The molecule has 12 nitrogen and oxygen atoms in total. The van der Waals surface area contributed by atoms with E-state index in [0.29, 0.717) is 33.7 Å². The van der Waals surface area contributed by atoms with Crippen LogP contribution in [0.4, 0.5) is 28.8 Å².